The molecule has 0 saturated carbocycles. The highest BCUT2D eigenvalue weighted by Gasteiger charge is 2.18. The summed E-state index contributed by atoms with van der Waals surface area (Å²) in [5.41, 5.74) is 0.811. The van der Waals surface area contributed by atoms with Crippen molar-refractivity contribution in [3.05, 3.63) is 45.2 Å². The Hall–Kier alpha value is -2.26. The van der Waals surface area contributed by atoms with Crippen molar-refractivity contribution in [2.24, 2.45) is 12.0 Å². The third-order valence-electron chi connectivity index (χ3n) is 3.79. The van der Waals surface area contributed by atoms with Crippen LogP contribution < -0.4 is 4.80 Å². The Morgan fingerprint density at radius 1 is 1.27 bits per heavy atom. The zero-order valence-corrected chi connectivity index (χ0v) is 16.6. The molecule has 0 spiro atoms. The predicted octanol–water partition coefficient (Wildman–Crippen LogP) is 2.11. The van der Waals surface area contributed by atoms with E-state index >= 15 is 0 Å². The van der Waals surface area contributed by atoms with Crippen LogP contribution in [-0.2, 0) is 21.6 Å². The van der Waals surface area contributed by atoms with Crippen molar-refractivity contribution in [1.29, 1.82) is 0 Å². The predicted molar refractivity (Wildman–Crippen MR) is 98.0 cm³/mol. The molecule has 0 aliphatic heterocycles. The number of esters is 1. The normalized spacial score (nSPS) is 12.2. The summed E-state index contributed by atoms with van der Waals surface area (Å²) < 4.78 is 30.6. The van der Waals surface area contributed by atoms with E-state index in [9.17, 15) is 18.0 Å². The van der Waals surface area contributed by atoms with Gasteiger partial charge in [-0.05, 0) is 32.0 Å². The molecule has 140 valence electrons. The van der Waals surface area contributed by atoms with Crippen LogP contribution in [0.4, 0.5) is 0 Å². The van der Waals surface area contributed by atoms with Crippen LogP contribution in [0.1, 0.15) is 39.6 Å². The number of sulfone groups is 1. The maximum absolute atomic E-state index is 12.5. The number of ether oxygens (including phenoxy) is 1. The van der Waals surface area contributed by atoms with E-state index in [4.69, 9.17) is 4.74 Å². The van der Waals surface area contributed by atoms with Crippen molar-refractivity contribution >= 4 is 33.1 Å². The van der Waals surface area contributed by atoms with Crippen LogP contribution in [0.15, 0.2) is 34.2 Å². The zero-order chi connectivity index (χ0) is 19.5. The Labute approximate surface area is 155 Å². The number of aromatic nitrogens is 1. The van der Waals surface area contributed by atoms with Crippen molar-refractivity contribution in [1.82, 2.24) is 4.57 Å². The minimum absolute atomic E-state index is 0.0518. The smallest absolute Gasteiger partial charge is 0.350 e. The van der Waals surface area contributed by atoms with E-state index in [0.29, 0.717) is 15.4 Å². The van der Waals surface area contributed by atoms with Gasteiger partial charge in [0.05, 0.1) is 17.3 Å². The molecule has 26 heavy (non-hydrogen) atoms. The molecule has 0 atom stereocenters. The molecule has 2 rings (SSSR count). The summed E-state index contributed by atoms with van der Waals surface area (Å²) in [5.74, 6) is -1.09. The van der Waals surface area contributed by atoms with Crippen LogP contribution in [0.2, 0.25) is 0 Å². The average Bonchev–Trinajstić information content (AvgIpc) is 2.90. The van der Waals surface area contributed by atoms with E-state index in [1.165, 1.54) is 24.3 Å². The quantitative estimate of drug-likeness (QED) is 0.722. The summed E-state index contributed by atoms with van der Waals surface area (Å²) >= 11 is 1.05. The molecule has 7 nitrogen and oxygen atoms in total. The molecule has 0 aliphatic carbocycles. The van der Waals surface area contributed by atoms with Gasteiger partial charge in [-0.2, -0.15) is 4.99 Å². The topological polar surface area (TPSA) is 94.8 Å². The molecular formula is C17H20N2O5S2. The molecule has 0 N–H and O–H groups in total. The Morgan fingerprint density at radius 2 is 1.96 bits per heavy atom. The van der Waals surface area contributed by atoms with Crippen LogP contribution in [0.25, 0.3) is 0 Å². The van der Waals surface area contributed by atoms with Gasteiger partial charge in [-0.1, -0.05) is 24.3 Å². The van der Waals surface area contributed by atoms with Crippen LogP contribution >= 0.6 is 11.3 Å². The standard InChI is InChI=1S/C17H20N2O5S2/c1-5-24-16(21)14-11(3)19(4)17(25-14)18-15(20)12-8-7-9-13(10-12)26(22,23)6-2/h7-10H,5-6H2,1-4H3. The van der Waals surface area contributed by atoms with E-state index in [-0.39, 0.29) is 22.8 Å². The van der Waals surface area contributed by atoms with Crippen LogP contribution in [-0.4, -0.2) is 37.2 Å². The molecule has 1 amide bonds. The van der Waals surface area contributed by atoms with Gasteiger partial charge >= 0.3 is 5.97 Å². The SMILES string of the molecule is CCOC(=O)c1sc(=NC(=O)c2cccc(S(=O)(=O)CC)c2)n(C)c1C. The highest BCUT2D eigenvalue weighted by Crippen LogP contribution is 2.15. The van der Waals surface area contributed by atoms with Gasteiger partial charge in [-0.25, -0.2) is 13.2 Å². The highest BCUT2D eigenvalue weighted by molar-refractivity contribution is 7.91. The first-order valence-corrected chi connectivity index (χ1v) is 10.4. The van der Waals surface area contributed by atoms with Gasteiger partial charge in [-0.3, -0.25) is 4.79 Å². The summed E-state index contributed by atoms with van der Waals surface area (Å²) in [7, 11) is -1.72. The molecule has 0 aliphatic rings. The maximum atomic E-state index is 12.5. The molecule has 9 heteroatoms. The van der Waals surface area contributed by atoms with E-state index in [0.717, 1.165) is 11.3 Å². The van der Waals surface area contributed by atoms with Gasteiger partial charge in [-0.15, -0.1) is 0 Å². The van der Waals surface area contributed by atoms with Gasteiger partial charge < -0.3 is 9.30 Å². The lowest BCUT2D eigenvalue weighted by molar-refractivity contribution is 0.0530. The number of amides is 1. The third kappa shape index (κ3) is 4.10. The van der Waals surface area contributed by atoms with Crippen LogP contribution in [0.5, 0.6) is 0 Å². The molecular weight excluding hydrogens is 376 g/mol. The number of carbonyl (C=O) groups is 2. The maximum Gasteiger partial charge on any atom is 0.350 e. The van der Waals surface area contributed by atoms with Crippen molar-refractivity contribution < 1.29 is 22.7 Å². The third-order valence-corrected chi connectivity index (χ3v) is 6.74. The summed E-state index contributed by atoms with van der Waals surface area (Å²) in [6.45, 7) is 5.25. The number of hydrogen-bond donors (Lipinski definition) is 0. The first kappa shape index (κ1) is 20.1. The van der Waals surface area contributed by atoms with Gasteiger partial charge in [0.15, 0.2) is 14.6 Å². The number of rotatable bonds is 5. The molecule has 0 bridgehead atoms. The van der Waals surface area contributed by atoms with Crippen LogP contribution in [0.3, 0.4) is 0 Å². The Kier molecular flexibility index (Phi) is 6.14. The van der Waals surface area contributed by atoms with Crippen molar-refractivity contribution in [3.63, 3.8) is 0 Å². The lowest BCUT2D eigenvalue weighted by atomic mass is 10.2. The fraction of sp³-hybridized carbons (Fsp3) is 0.353. The molecule has 1 heterocycles. The molecule has 1 aromatic heterocycles. The number of carbonyl (C=O) groups excluding carboxylic acids is 2. The van der Waals surface area contributed by atoms with E-state index < -0.39 is 21.7 Å². The van der Waals surface area contributed by atoms with Crippen LogP contribution in [0, 0.1) is 6.92 Å². The molecule has 2 aromatic rings. The Morgan fingerprint density at radius 3 is 2.58 bits per heavy atom. The summed E-state index contributed by atoms with van der Waals surface area (Å²) in [5, 5.41) is 0. The minimum Gasteiger partial charge on any atom is -0.462 e. The second-order valence-corrected chi connectivity index (χ2v) is 8.68. The average molecular weight is 396 g/mol. The Bertz CT molecular complexity index is 1020. The highest BCUT2D eigenvalue weighted by atomic mass is 32.2. The summed E-state index contributed by atoms with van der Waals surface area (Å²) in [6, 6.07) is 5.78. The van der Waals surface area contributed by atoms with Gasteiger partial charge in [0.2, 0.25) is 0 Å². The molecule has 0 fully saturated rings. The Balaban J connectivity index is 2.45. The largest absolute Gasteiger partial charge is 0.462 e. The molecule has 0 unspecified atom stereocenters. The number of hydrogen-bond acceptors (Lipinski definition) is 6. The minimum atomic E-state index is -3.41. The van der Waals surface area contributed by atoms with Gasteiger partial charge in [0.25, 0.3) is 5.91 Å². The van der Waals surface area contributed by atoms with Crippen molar-refractivity contribution in [2.75, 3.05) is 12.4 Å². The summed E-state index contributed by atoms with van der Waals surface area (Å²) in [4.78, 5) is 29.3. The lowest BCUT2D eigenvalue weighted by Crippen LogP contribution is -2.15. The molecule has 0 radical (unpaired) electrons. The van der Waals surface area contributed by atoms with E-state index in [2.05, 4.69) is 4.99 Å². The van der Waals surface area contributed by atoms with E-state index in [1.807, 2.05) is 0 Å². The van der Waals surface area contributed by atoms with Crippen molar-refractivity contribution in [3.8, 4) is 0 Å². The summed E-state index contributed by atoms with van der Waals surface area (Å²) in [6.07, 6.45) is 0. The molecule has 0 saturated heterocycles. The second kappa shape index (κ2) is 7.96. The molecule has 1 aromatic carbocycles. The monoisotopic (exact) mass is 396 g/mol. The van der Waals surface area contributed by atoms with Gasteiger partial charge in [0.1, 0.15) is 4.88 Å². The number of benzene rings is 1. The fourth-order valence-corrected chi connectivity index (χ4v) is 4.09. The first-order chi connectivity index (χ1) is 12.2. The lowest BCUT2D eigenvalue weighted by Gasteiger charge is -2.02. The first-order valence-electron chi connectivity index (χ1n) is 7.96. The number of thiazole rings is 1. The fourth-order valence-electron chi connectivity index (χ4n) is 2.15. The number of nitrogens with zero attached hydrogens (tertiary/aromatic N) is 2. The van der Waals surface area contributed by atoms with Gasteiger partial charge in [0, 0.05) is 18.3 Å². The van der Waals surface area contributed by atoms with E-state index in [1.54, 1.807) is 32.4 Å². The second-order valence-electron chi connectivity index (χ2n) is 5.43. The zero-order valence-electron chi connectivity index (χ0n) is 15.0. The van der Waals surface area contributed by atoms with Crippen molar-refractivity contribution in [2.45, 2.75) is 25.7 Å².